The van der Waals surface area contributed by atoms with Crippen LogP contribution in [0.25, 0.3) is 0 Å². The van der Waals surface area contributed by atoms with Crippen molar-refractivity contribution in [2.45, 2.75) is 44.7 Å². The van der Waals surface area contributed by atoms with Gasteiger partial charge in [-0.3, -0.25) is 0 Å². The lowest BCUT2D eigenvalue weighted by Gasteiger charge is -2.34. The van der Waals surface area contributed by atoms with Crippen molar-refractivity contribution in [3.63, 3.8) is 0 Å². The lowest BCUT2D eigenvalue weighted by atomic mass is 9.84. The number of rotatable bonds is 2. The third-order valence-corrected chi connectivity index (χ3v) is 3.61. The van der Waals surface area contributed by atoms with Gasteiger partial charge in [-0.1, -0.05) is 25.7 Å². The zero-order valence-electron chi connectivity index (χ0n) is 8.27. The second-order valence-corrected chi connectivity index (χ2v) is 4.61. The summed E-state index contributed by atoms with van der Waals surface area (Å²) in [5.41, 5.74) is 0. The normalized spacial score (nSPS) is 29.3. The van der Waals surface area contributed by atoms with Gasteiger partial charge in [-0.05, 0) is 18.8 Å². The van der Waals surface area contributed by atoms with E-state index >= 15 is 0 Å². The van der Waals surface area contributed by atoms with Crippen molar-refractivity contribution in [1.29, 1.82) is 0 Å². The van der Waals surface area contributed by atoms with Gasteiger partial charge in [0.25, 0.3) is 0 Å². The molecule has 1 unspecified atom stereocenters. The minimum Gasteiger partial charge on any atom is -0.316 e. The molecule has 1 nitrogen and oxygen atoms in total. The summed E-state index contributed by atoms with van der Waals surface area (Å²) < 4.78 is 13.9. The maximum Gasteiger partial charge on any atom is 0.108 e. The van der Waals surface area contributed by atoms with Crippen LogP contribution in [-0.4, -0.2) is 19.3 Å². The highest BCUT2D eigenvalue weighted by Gasteiger charge is 2.33. The minimum absolute atomic E-state index is 0.336. The monoisotopic (exact) mass is 185 g/mol. The Morgan fingerprint density at radius 1 is 0.923 bits per heavy atom. The summed E-state index contributed by atoms with van der Waals surface area (Å²) in [7, 11) is 0. The van der Waals surface area contributed by atoms with E-state index in [4.69, 9.17) is 0 Å². The van der Waals surface area contributed by atoms with Gasteiger partial charge in [0, 0.05) is 19.0 Å². The van der Waals surface area contributed by atoms with Crippen LogP contribution in [0.2, 0.25) is 0 Å². The molecule has 1 saturated heterocycles. The summed E-state index contributed by atoms with van der Waals surface area (Å²) in [4.78, 5) is 0. The highest BCUT2D eigenvalue weighted by Crippen LogP contribution is 2.31. The quantitative estimate of drug-likeness (QED) is 0.652. The van der Waals surface area contributed by atoms with E-state index in [-0.39, 0.29) is 0 Å². The Balaban J connectivity index is 1.82. The summed E-state index contributed by atoms with van der Waals surface area (Å²) in [6.45, 7) is 1.83. The van der Waals surface area contributed by atoms with Gasteiger partial charge in [0.2, 0.25) is 0 Å². The number of hydrogen-bond acceptors (Lipinski definition) is 1. The zero-order chi connectivity index (χ0) is 9.10. The average molecular weight is 185 g/mol. The standard InChI is InChI=1S/C11H20FN/c12-11(10-7-13-8-10)9-5-3-1-2-4-6-9/h9-11,13H,1-8H2. The van der Waals surface area contributed by atoms with Crippen LogP contribution >= 0.6 is 0 Å². The molecule has 76 valence electrons. The second-order valence-electron chi connectivity index (χ2n) is 4.61. The van der Waals surface area contributed by atoms with E-state index in [0.29, 0.717) is 11.8 Å². The molecule has 1 heterocycles. The Bertz CT molecular complexity index is 148. The van der Waals surface area contributed by atoms with E-state index in [0.717, 1.165) is 25.9 Å². The molecule has 0 aromatic carbocycles. The van der Waals surface area contributed by atoms with Crippen LogP contribution in [-0.2, 0) is 0 Å². The molecule has 2 heteroatoms. The molecule has 0 bridgehead atoms. The Labute approximate surface area is 80.1 Å². The molecule has 1 saturated carbocycles. The summed E-state index contributed by atoms with van der Waals surface area (Å²) in [6, 6.07) is 0. The maximum atomic E-state index is 13.9. The number of alkyl halides is 1. The van der Waals surface area contributed by atoms with Gasteiger partial charge < -0.3 is 5.32 Å². The highest BCUT2D eigenvalue weighted by molar-refractivity contribution is 4.86. The Hall–Kier alpha value is -0.110. The summed E-state index contributed by atoms with van der Waals surface area (Å²) in [5.74, 6) is 0.720. The van der Waals surface area contributed by atoms with E-state index in [1.807, 2.05) is 0 Å². The van der Waals surface area contributed by atoms with Crippen LogP contribution in [0.15, 0.2) is 0 Å². The first-order chi connectivity index (χ1) is 6.38. The fourth-order valence-corrected chi connectivity index (χ4v) is 2.55. The van der Waals surface area contributed by atoms with Gasteiger partial charge in [0.05, 0.1) is 0 Å². The van der Waals surface area contributed by atoms with Crippen LogP contribution in [0.1, 0.15) is 38.5 Å². The van der Waals surface area contributed by atoms with Gasteiger partial charge in [-0.25, -0.2) is 4.39 Å². The molecule has 0 spiro atoms. The summed E-state index contributed by atoms with van der Waals surface area (Å²) in [5, 5.41) is 3.16. The van der Waals surface area contributed by atoms with Crippen molar-refractivity contribution in [3.8, 4) is 0 Å². The van der Waals surface area contributed by atoms with Crippen molar-refractivity contribution in [2.24, 2.45) is 11.8 Å². The molecule has 2 rings (SSSR count). The van der Waals surface area contributed by atoms with Crippen molar-refractivity contribution in [1.82, 2.24) is 5.32 Å². The molecular weight excluding hydrogens is 165 g/mol. The second kappa shape index (κ2) is 4.41. The number of halogens is 1. The fourth-order valence-electron chi connectivity index (χ4n) is 2.55. The van der Waals surface area contributed by atoms with Crippen LogP contribution < -0.4 is 5.32 Å². The van der Waals surface area contributed by atoms with Gasteiger partial charge >= 0.3 is 0 Å². The minimum atomic E-state index is -0.514. The van der Waals surface area contributed by atoms with E-state index in [1.165, 1.54) is 25.7 Å². The Kier molecular flexibility index (Phi) is 3.20. The first-order valence-corrected chi connectivity index (χ1v) is 5.72. The van der Waals surface area contributed by atoms with E-state index in [2.05, 4.69) is 5.32 Å². The maximum absolute atomic E-state index is 13.9. The van der Waals surface area contributed by atoms with Crippen LogP contribution in [0, 0.1) is 11.8 Å². The van der Waals surface area contributed by atoms with Gasteiger partial charge in [0.15, 0.2) is 0 Å². The van der Waals surface area contributed by atoms with Crippen LogP contribution in [0.5, 0.6) is 0 Å². The third kappa shape index (κ3) is 2.22. The number of nitrogens with one attached hydrogen (secondary N) is 1. The van der Waals surface area contributed by atoms with Crippen LogP contribution in [0.4, 0.5) is 4.39 Å². The molecule has 13 heavy (non-hydrogen) atoms. The number of hydrogen-bond donors (Lipinski definition) is 1. The van der Waals surface area contributed by atoms with Crippen LogP contribution in [0.3, 0.4) is 0 Å². The molecule has 0 aromatic heterocycles. The molecule has 1 aliphatic heterocycles. The predicted octanol–water partition coefficient (Wildman–Crippen LogP) is 2.51. The summed E-state index contributed by atoms with van der Waals surface area (Å²) >= 11 is 0. The van der Waals surface area contributed by atoms with E-state index < -0.39 is 6.17 Å². The predicted molar refractivity (Wildman–Crippen MR) is 52.4 cm³/mol. The van der Waals surface area contributed by atoms with Gasteiger partial charge in [0.1, 0.15) is 6.17 Å². The Morgan fingerprint density at radius 3 is 2.00 bits per heavy atom. The third-order valence-electron chi connectivity index (χ3n) is 3.61. The van der Waals surface area contributed by atoms with Crippen molar-refractivity contribution >= 4 is 0 Å². The average Bonchev–Trinajstić information content (AvgIpc) is 2.27. The van der Waals surface area contributed by atoms with E-state index in [9.17, 15) is 4.39 Å². The molecule has 0 aromatic rings. The summed E-state index contributed by atoms with van der Waals surface area (Å²) in [6.07, 6.45) is 6.92. The SMILES string of the molecule is FC(C1CCCCCC1)C1CNC1. The lowest BCUT2D eigenvalue weighted by molar-refractivity contribution is 0.100. The molecule has 0 amide bonds. The van der Waals surface area contributed by atoms with Crippen molar-refractivity contribution < 1.29 is 4.39 Å². The highest BCUT2D eigenvalue weighted by atomic mass is 19.1. The molecule has 1 atom stereocenters. The van der Waals surface area contributed by atoms with Crippen molar-refractivity contribution in [3.05, 3.63) is 0 Å². The molecule has 1 N–H and O–H groups in total. The molecular formula is C11H20FN. The topological polar surface area (TPSA) is 12.0 Å². The zero-order valence-corrected chi connectivity index (χ0v) is 8.27. The first kappa shape index (κ1) is 9.45. The Morgan fingerprint density at radius 2 is 1.54 bits per heavy atom. The molecule has 1 aliphatic carbocycles. The smallest absolute Gasteiger partial charge is 0.108 e. The van der Waals surface area contributed by atoms with E-state index in [1.54, 1.807) is 0 Å². The largest absolute Gasteiger partial charge is 0.316 e. The van der Waals surface area contributed by atoms with Crippen molar-refractivity contribution in [2.75, 3.05) is 13.1 Å². The molecule has 0 radical (unpaired) electrons. The lowest BCUT2D eigenvalue weighted by Crippen LogP contribution is -2.49. The molecule has 2 aliphatic rings. The van der Waals surface area contributed by atoms with Gasteiger partial charge in [-0.15, -0.1) is 0 Å². The molecule has 2 fully saturated rings. The van der Waals surface area contributed by atoms with Gasteiger partial charge in [-0.2, -0.15) is 0 Å². The first-order valence-electron chi connectivity index (χ1n) is 5.72. The fraction of sp³-hybridized carbons (Fsp3) is 1.00.